The minimum absolute atomic E-state index is 0.0161. The Balaban J connectivity index is 1.83. The number of pyridine rings is 1. The summed E-state index contributed by atoms with van der Waals surface area (Å²) in [6, 6.07) is 1.63. The second-order valence-corrected chi connectivity index (χ2v) is 6.27. The number of amides is 2. The van der Waals surface area contributed by atoms with Crippen LogP contribution in [0.15, 0.2) is 18.5 Å². The van der Waals surface area contributed by atoms with Crippen molar-refractivity contribution in [2.24, 2.45) is 5.92 Å². The lowest BCUT2D eigenvalue weighted by atomic mass is 10.1. The Morgan fingerprint density at radius 1 is 1.33 bits per heavy atom. The zero-order valence-corrected chi connectivity index (χ0v) is 12.5. The van der Waals surface area contributed by atoms with Crippen molar-refractivity contribution in [3.63, 3.8) is 0 Å². The highest BCUT2D eigenvalue weighted by Crippen LogP contribution is 2.35. The first-order valence-electron chi connectivity index (χ1n) is 7.55. The molecule has 0 bridgehead atoms. The molecule has 112 valence electrons. The summed E-state index contributed by atoms with van der Waals surface area (Å²) in [7, 11) is 0. The molecule has 3 rings (SSSR count). The molecule has 1 aliphatic heterocycles. The molecule has 1 N–H and O–H groups in total. The largest absolute Gasteiger partial charge is 0.344 e. The molecule has 1 aromatic heterocycles. The van der Waals surface area contributed by atoms with E-state index in [0.717, 1.165) is 24.0 Å². The van der Waals surface area contributed by atoms with E-state index in [2.05, 4.69) is 10.3 Å². The van der Waals surface area contributed by atoms with E-state index >= 15 is 0 Å². The van der Waals surface area contributed by atoms with Crippen LogP contribution in [0.2, 0.25) is 0 Å². The molecule has 1 aromatic rings. The molecule has 2 heterocycles. The van der Waals surface area contributed by atoms with Gasteiger partial charge < -0.3 is 10.2 Å². The number of aryl methyl sites for hydroxylation is 1. The zero-order valence-electron chi connectivity index (χ0n) is 12.5. The number of rotatable bonds is 3. The lowest BCUT2D eigenvalue weighted by Crippen LogP contribution is -2.47. The Morgan fingerprint density at radius 3 is 2.76 bits per heavy atom. The van der Waals surface area contributed by atoms with Crippen molar-refractivity contribution < 1.29 is 9.59 Å². The molecule has 2 amide bonds. The Labute approximate surface area is 124 Å². The summed E-state index contributed by atoms with van der Waals surface area (Å²) in [6.45, 7) is 4.45. The fourth-order valence-corrected chi connectivity index (χ4v) is 2.95. The third kappa shape index (κ3) is 3.06. The Bertz CT molecular complexity index is 568. The molecule has 2 fully saturated rings. The zero-order chi connectivity index (χ0) is 15.0. The standard InChI is InChI=1S/C16H21N3O2/c1-10-5-12(8-17-7-10)9-19-11(2)6-14(20)18-15(16(19)21)13-3-4-13/h5,7-8,11,13,15H,3-4,6,9H2,1-2H3,(H,18,20). The predicted molar refractivity (Wildman–Crippen MR) is 78.3 cm³/mol. The normalized spacial score (nSPS) is 26.5. The summed E-state index contributed by atoms with van der Waals surface area (Å²) >= 11 is 0. The SMILES string of the molecule is Cc1cncc(CN2C(=O)C(C3CC3)NC(=O)CC2C)c1. The maximum atomic E-state index is 12.8. The predicted octanol–water partition coefficient (Wildman–Crippen LogP) is 1.41. The maximum Gasteiger partial charge on any atom is 0.245 e. The molecule has 1 aliphatic carbocycles. The van der Waals surface area contributed by atoms with Crippen LogP contribution in [0.25, 0.3) is 0 Å². The van der Waals surface area contributed by atoms with Gasteiger partial charge in [0.15, 0.2) is 0 Å². The van der Waals surface area contributed by atoms with E-state index in [-0.39, 0.29) is 23.9 Å². The van der Waals surface area contributed by atoms with Gasteiger partial charge in [0, 0.05) is 31.4 Å². The van der Waals surface area contributed by atoms with Gasteiger partial charge >= 0.3 is 0 Å². The molecule has 5 nitrogen and oxygen atoms in total. The second kappa shape index (κ2) is 5.47. The summed E-state index contributed by atoms with van der Waals surface area (Å²) in [5, 5.41) is 2.90. The molecule has 1 saturated carbocycles. The van der Waals surface area contributed by atoms with Gasteiger partial charge in [-0.15, -0.1) is 0 Å². The number of hydrogen-bond donors (Lipinski definition) is 1. The van der Waals surface area contributed by atoms with Gasteiger partial charge in [0.05, 0.1) is 0 Å². The molecule has 0 spiro atoms. The van der Waals surface area contributed by atoms with Crippen LogP contribution in [0, 0.1) is 12.8 Å². The second-order valence-electron chi connectivity index (χ2n) is 6.27. The average molecular weight is 287 g/mol. The Morgan fingerprint density at radius 2 is 2.10 bits per heavy atom. The number of nitrogens with one attached hydrogen (secondary N) is 1. The van der Waals surface area contributed by atoms with Crippen LogP contribution in [0.4, 0.5) is 0 Å². The van der Waals surface area contributed by atoms with Crippen molar-refractivity contribution in [3.05, 3.63) is 29.6 Å². The van der Waals surface area contributed by atoms with Crippen LogP contribution in [-0.4, -0.2) is 33.8 Å². The maximum absolute atomic E-state index is 12.8. The van der Waals surface area contributed by atoms with Gasteiger partial charge in [0.25, 0.3) is 0 Å². The third-order valence-corrected chi connectivity index (χ3v) is 4.26. The van der Waals surface area contributed by atoms with Gasteiger partial charge in [-0.3, -0.25) is 14.6 Å². The van der Waals surface area contributed by atoms with E-state index in [1.54, 1.807) is 12.4 Å². The van der Waals surface area contributed by atoms with Gasteiger partial charge in [0.1, 0.15) is 6.04 Å². The van der Waals surface area contributed by atoms with Gasteiger partial charge in [-0.1, -0.05) is 6.07 Å². The smallest absolute Gasteiger partial charge is 0.245 e. The summed E-state index contributed by atoms with van der Waals surface area (Å²) < 4.78 is 0. The number of aromatic nitrogens is 1. The van der Waals surface area contributed by atoms with Crippen molar-refractivity contribution >= 4 is 11.8 Å². The van der Waals surface area contributed by atoms with Crippen LogP contribution in [0.1, 0.15) is 37.3 Å². The first-order valence-corrected chi connectivity index (χ1v) is 7.55. The lowest BCUT2D eigenvalue weighted by molar-refractivity contribution is -0.136. The molecule has 5 heteroatoms. The summed E-state index contributed by atoms with van der Waals surface area (Å²) in [5.74, 6) is 0.361. The van der Waals surface area contributed by atoms with E-state index in [0.29, 0.717) is 18.9 Å². The minimum Gasteiger partial charge on any atom is -0.344 e. The van der Waals surface area contributed by atoms with Crippen molar-refractivity contribution in [1.29, 1.82) is 0 Å². The molecule has 2 atom stereocenters. The van der Waals surface area contributed by atoms with Crippen molar-refractivity contribution in [1.82, 2.24) is 15.2 Å². The first kappa shape index (κ1) is 14.0. The summed E-state index contributed by atoms with van der Waals surface area (Å²) in [6.07, 6.45) is 6.03. The minimum atomic E-state index is -0.333. The molecule has 1 saturated heterocycles. The van der Waals surface area contributed by atoms with Crippen molar-refractivity contribution in [3.8, 4) is 0 Å². The fraction of sp³-hybridized carbons (Fsp3) is 0.562. The van der Waals surface area contributed by atoms with Crippen LogP contribution in [0.3, 0.4) is 0 Å². The van der Waals surface area contributed by atoms with Crippen molar-refractivity contribution in [2.75, 3.05) is 0 Å². The van der Waals surface area contributed by atoms with E-state index in [9.17, 15) is 9.59 Å². The summed E-state index contributed by atoms with van der Waals surface area (Å²) in [4.78, 5) is 30.7. The number of hydrogen-bond acceptors (Lipinski definition) is 3. The topological polar surface area (TPSA) is 62.3 Å². The van der Waals surface area contributed by atoms with Gasteiger partial charge in [-0.25, -0.2) is 0 Å². The molecule has 0 aromatic carbocycles. The quantitative estimate of drug-likeness (QED) is 0.914. The monoisotopic (exact) mass is 287 g/mol. The van der Waals surface area contributed by atoms with Crippen LogP contribution in [0.5, 0.6) is 0 Å². The molecular formula is C16H21N3O2. The molecule has 0 radical (unpaired) electrons. The molecule has 21 heavy (non-hydrogen) atoms. The van der Waals surface area contributed by atoms with E-state index < -0.39 is 0 Å². The van der Waals surface area contributed by atoms with Crippen LogP contribution in [-0.2, 0) is 16.1 Å². The highest BCUT2D eigenvalue weighted by atomic mass is 16.2. The molecule has 2 aliphatic rings. The number of carbonyl (C=O) groups excluding carboxylic acids is 2. The van der Waals surface area contributed by atoms with E-state index in [1.807, 2.05) is 24.8 Å². The highest BCUT2D eigenvalue weighted by Gasteiger charge is 2.42. The third-order valence-electron chi connectivity index (χ3n) is 4.26. The highest BCUT2D eigenvalue weighted by molar-refractivity contribution is 5.91. The van der Waals surface area contributed by atoms with Crippen LogP contribution >= 0.6 is 0 Å². The summed E-state index contributed by atoms with van der Waals surface area (Å²) in [5.41, 5.74) is 2.09. The molecule has 2 unspecified atom stereocenters. The number of nitrogens with zero attached hydrogens (tertiary/aromatic N) is 2. The van der Waals surface area contributed by atoms with Gasteiger partial charge in [0.2, 0.25) is 11.8 Å². The fourth-order valence-electron chi connectivity index (χ4n) is 2.95. The van der Waals surface area contributed by atoms with Crippen LogP contribution < -0.4 is 5.32 Å². The Kier molecular flexibility index (Phi) is 3.66. The first-order chi connectivity index (χ1) is 10.0. The van der Waals surface area contributed by atoms with E-state index in [1.165, 1.54) is 0 Å². The molecular weight excluding hydrogens is 266 g/mol. The van der Waals surface area contributed by atoms with E-state index in [4.69, 9.17) is 0 Å². The van der Waals surface area contributed by atoms with Gasteiger partial charge in [-0.2, -0.15) is 0 Å². The van der Waals surface area contributed by atoms with Crippen molar-refractivity contribution in [2.45, 2.75) is 51.7 Å². The average Bonchev–Trinajstić information content (AvgIpc) is 3.25. The number of carbonyl (C=O) groups is 2. The lowest BCUT2D eigenvalue weighted by Gasteiger charge is -2.28. The Hall–Kier alpha value is -1.91. The van der Waals surface area contributed by atoms with Gasteiger partial charge in [-0.05, 0) is 43.7 Å².